The van der Waals surface area contributed by atoms with E-state index in [4.69, 9.17) is 0 Å². The van der Waals surface area contributed by atoms with Crippen LogP contribution in [0.5, 0.6) is 0 Å². The van der Waals surface area contributed by atoms with Crippen molar-refractivity contribution >= 4 is 11.3 Å². The van der Waals surface area contributed by atoms with E-state index >= 15 is 0 Å². The Morgan fingerprint density at radius 2 is 2.22 bits per heavy atom. The van der Waals surface area contributed by atoms with E-state index < -0.39 is 0 Å². The number of aromatic nitrogens is 3. The topological polar surface area (TPSA) is 50.7 Å². The van der Waals surface area contributed by atoms with E-state index in [1.165, 1.54) is 6.42 Å². The van der Waals surface area contributed by atoms with Crippen molar-refractivity contribution in [2.45, 2.75) is 26.2 Å². The lowest BCUT2D eigenvalue weighted by molar-refractivity contribution is 0.637. The normalized spacial score (nSPS) is 10.7. The van der Waals surface area contributed by atoms with Crippen LogP contribution in [-0.4, -0.2) is 28.3 Å². The van der Waals surface area contributed by atoms with Gasteiger partial charge in [-0.2, -0.15) is 0 Å². The molecule has 0 unspecified atom stereocenters. The van der Waals surface area contributed by atoms with Gasteiger partial charge in [-0.1, -0.05) is 18.3 Å². The Kier molecular flexibility index (Phi) is 5.23. The summed E-state index contributed by atoms with van der Waals surface area (Å²) >= 11 is 1.66. The molecular formula is C13H18N4S. The summed E-state index contributed by atoms with van der Waals surface area (Å²) in [6.07, 6.45) is 6.89. The molecule has 1 N–H and O–H groups in total. The van der Waals surface area contributed by atoms with Crippen LogP contribution in [0.25, 0.3) is 10.6 Å². The molecule has 0 radical (unpaired) electrons. The Bertz CT molecular complexity index is 455. The number of pyridine rings is 1. The maximum absolute atomic E-state index is 4.22. The van der Waals surface area contributed by atoms with Crippen molar-refractivity contribution in [3.05, 3.63) is 29.5 Å². The fourth-order valence-corrected chi connectivity index (χ4v) is 2.50. The zero-order chi connectivity index (χ0) is 12.6. The average molecular weight is 262 g/mol. The van der Waals surface area contributed by atoms with Crippen LogP contribution in [0.15, 0.2) is 24.5 Å². The Hall–Kier alpha value is -1.33. The van der Waals surface area contributed by atoms with Crippen LogP contribution in [0.2, 0.25) is 0 Å². The number of rotatable bonds is 7. The van der Waals surface area contributed by atoms with Crippen molar-refractivity contribution in [2.75, 3.05) is 13.1 Å². The van der Waals surface area contributed by atoms with Gasteiger partial charge in [0.15, 0.2) is 0 Å². The third kappa shape index (κ3) is 3.85. The highest BCUT2D eigenvalue weighted by Crippen LogP contribution is 2.22. The van der Waals surface area contributed by atoms with Crippen LogP contribution in [0, 0.1) is 0 Å². The number of aryl methyl sites for hydroxylation is 1. The van der Waals surface area contributed by atoms with E-state index in [0.29, 0.717) is 0 Å². The number of nitrogens with one attached hydrogen (secondary N) is 1. The van der Waals surface area contributed by atoms with Gasteiger partial charge in [-0.05, 0) is 38.1 Å². The molecule has 2 aromatic rings. The Balaban J connectivity index is 1.83. The van der Waals surface area contributed by atoms with Gasteiger partial charge in [0.25, 0.3) is 0 Å². The summed E-state index contributed by atoms with van der Waals surface area (Å²) in [6, 6.07) is 3.94. The Morgan fingerprint density at radius 1 is 1.28 bits per heavy atom. The zero-order valence-corrected chi connectivity index (χ0v) is 11.4. The van der Waals surface area contributed by atoms with Crippen molar-refractivity contribution in [1.82, 2.24) is 20.5 Å². The SMILES string of the molecule is CCCNCCCc1nnc(-c2cccnc2)s1. The molecule has 0 aliphatic heterocycles. The molecule has 0 spiro atoms. The molecule has 2 heterocycles. The fraction of sp³-hybridized carbons (Fsp3) is 0.462. The molecule has 0 aliphatic rings. The quantitative estimate of drug-likeness (QED) is 0.779. The minimum Gasteiger partial charge on any atom is -0.317 e. The smallest absolute Gasteiger partial charge is 0.149 e. The van der Waals surface area contributed by atoms with Crippen LogP contribution < -0.4 is 5.32 Å². The van der Waals surface area contributed by atoms with Gasteiger partial charge in [-0.25, -0.2) is 0 Å². The van der Waals surface area contributed by atoms with Crippen LogP contribution in [0.1, 0.15) is 24.8 Å². The van der Waals surface area contributed by atoms with E-state index in [2.05, 4.69) is 27.4 Å². The lowest BCUT2D eigenvalue weighted by atomic mass is 10.3. The molecule has 0 fully saturated rings. The van der Waals surface area contributed by atoms with E-state index in [-0.39, 0.29) is 0 Å². The standard InChI is InChI=1S/C13H18N4S/c1-2-7-14-8-4-6-12-16-17-13(18-12)11-5-3-9-15-10-11/h3,5,9-10,14H,2,4,6-8H2,1H3. The van der Waals surface area contributed by atoms with Gasteiger partial charge in [0.1, 0.15) is 10.0 Å². The second-order valence-corrected chi connectivity index (χ2v) is 5.16. The molecule has 18 heavy (non-hydrogen) atoms. The third-order valence-electron chi connectivity index (χ3n) is 2.55. The molecule has 0 amide bonds. The van der Waals surface area contributed by atoms with Gasteiger partial charge in [0.05, 0.1) is 0 Å². The molecule has 2 rings (SSSR count). The van der Waals surface area contributed by atoms with Gasteiger partial charge in [-0.3, -0.25) is 4.98 Å². The summed E-state index contributed by atoms with van der Waals surface area (Å²) in [7, 11) is 0. The first kappa shape index (κ1) is 13.1. The maximum Gasteiger partial charge on any atom is 0.149 e. The molecule has 0 atom stereocenters. The number of nitrogens with zero attached hydrogens (tertiary/aromatic N) is 3. The molecule has 96 valence electrons. The molecule has 4 nitrogen and oxygen atoms in total. The number of hydrogen-bond acceptors (Lipinski definition) is 5. The minimum atomic E-state index is 0.958. The zero-order valence-electron chi connectivity index (χ0n) is 10.6. The highest BCUT2D eigenvalue weighted by Gasteiger charge is 2.05. The molecular weight excluding hydrogens is 244 g/mol. The highest BCUT2D eigenvalue weighted by molar-refractivity contribution is 7.14. The Labute approximate surface area is 111 Å². The van der Waals surface area contributed by atoms with Crippen molar-refractivity contribution in [2.24, 2.45) is 0 Å². The van der Waals surface area contributed by atoms with Crippen LogP contribution in [0.3, 0.4) is 0 Å². The highest BCUT2D eigenvalue weighted by atomic mass is 32.1. The predicted molar refractivity (Wildman–Crippen MR) is 74.6 cm³/mol. The van der Waals surface area contributed by atoms with Gasteiger partial charge >= 0.3 is 0 Å². The van der Waals surface area contributed by atoms with Crippen molar-refractivity contribution in [3.8, 4) is 10.6 Å². The van der Waals surface area contributed by atoms with Crippen molar-refractivity contribution in [1.29, 1.82) is 0 Å². The molecule has 0 aromatic carbocycles. The molecule has 0 saturated heterocycles. The molecule has 0 bridgehead atoms. The van der Waals surface area contributed by atoms with Gasteiger partial charge < -0.3 is 5.32 Å². The van der Waals surface area contributed by atoms with Crippen molar-refractivity contribution < 1.29 is 0 Å². The second kappa shape index (κ2) is 7.18. The van der Waals surface area contributed by atoms with E-state index in [0.717, 1.165) is 41.5 Å². The predicted octanol–water partition coefficient (Wildman–Crippen LogP) is 2.53. The largest absolute Gasteiger partial charge is 0.317 e. The van der Waals surface area contributed by atoms with Crippen LogP contribution >= 0.6 is 11.3 Å². The van der Waals surface area contributed by atoms with E-state index in [9.17, 15) is 0 Å². The fourth-order valence-electron chi connectivity index (χ4n) is 1.63. The number of hydrogen-bond donors (Lipinski definition) is 1. The molecule has 2 aromatic heterocycles. The van der Waals surface area contributed by atoms with Gasteiger partial charge in [0, 0.05) is 24.4 Å². The minimum absolute atomic E-state index is 0.958. The molecule has 5 heteroatoms. The summed E-state index contributed by atoms with van der Waals surface area (Å²) < 4.78 is 0. The lowest BCUT2D eigenvalue weighted by Gasteiger charge is -1.99. The first-order chi connectivity index (χ1) is 8.90. The van der Waals surface area contributed by atoms with Crippen LogP contribution in [0.4, 0.5) is 0 Å². The molecule has 0 aliphatic carbocycles. The summed E-state index contributed by atoms with van der Waals surface area (Å²) in [5.41, 5.74) is 1.05. The summed E-state index contributed by atoms with van der Waals surface area (Å²) in [5, 5.41) is 13.9. The third-order valence-corrected chi connectivity index (χ3v) is 3.58. The summed E-state index contributed by atoms with van der Waals surface area (Å²) in [5.74, 6) is 0. The summed E-state index contributed by atoms with van der Waals surface area (Å²) in [6.45, 7) is 4.32. The lowest BCUT2D eigenvalue weighted by Crippen LogP contribution is -2.16. The van der Waals surface area contributed by atoms with Crippen LogP contribution in [-0.2, 0) is 6.42 Å². The molecule has 0 saturated carbocycles. The average Bonchev–Trinajstić information content (AvgIpc) is 2.88. The monoisotopic (exact) mass is 262 g/mol. The summed E-state index contributed by atoms with van der Waals surface area (Å²) in [4.78, 5) is 4.10. The Morgan fingerprint density at radius 3 is 3.00 bits per heavy atom. The first-order valence-corrected chi connectivity index (χ1v) is 7.15. The van der Waals surface area contributed by atoms with Gasteiger partial charge in [-0.15, -0.1) is 10.2 Å². The van der Waals surface area contributed by atoms with E-state index in [1.54, 1.807) is 17.5 Å². The van der Waals surface area contributed by atoms with E-state index in [1.807, 2.05) is 18.3 Å². The maximum atomic E-state index is 4.22. The van der Waals surface area contributed by atoms with Gasteiger partial charge in [0.2, 0.25) is 0 Å². The van der Waals surface area contributed by atoms with Crippen molar-refractivity contribution in [3.63, 3.8) is 0 Å². The first-order valence-electron chi connectivity index (χ1n) is 6.33. The second-order valence-electron chi connectivity index (χ2n) is 4.10.